The molecule has 2 aliphatic rings. The lowest BCUT2D eigenvalue weighted by Crippen LogP contribution is -2.56. The van der Waals surface area contributed by atoms with Crippen LogP contribution < -0.4 is 5.32 Å². The summed E-state index contributed by atoms with van der Waals surface area (Å²) in [6, 6.07) is 3.73. The second-order valence-corrected chi connectivity index (χ2v) is 6.81. The van der Waals surface area contributed by atoms with Crippen molar-refractivity contribution in [3.8, 4) is 0 Å². The predicted molar refractivity (Wildman–Crippen MR) is 90.2 cm³/mol. The number of hydrogen-bond acceptors (Lipinski definition) is 4. The zero-order valence-corrected chi connectivity index (χ0v) is 14.4. The predicted octanol–water partition coefficient (Wildman–Crippen LogP) is 1.76. The third-order valence-electron chi connectivity index (χ3n) is 5.17. The first-order valence-corrected chi connectivity index (χ1v) is 8.99. The van der Waals surface area contributed by atoms with Crippen molar-refractivity contribution < 1.29 is 14.0 Å². The van der Waals surface area contributed by atoms with E-state index in [1.807, 2.05) is 24.0 Å². The molecule has 2 amide bonds. The number of rotatable bonds is 5. The van der Waals surface area contributed by atoms with E-state index in [1.165, 1.54) is 0 Å². The van der Waals surface area contributed by atoms with E-state index < -0.39 is 0 Å². The highest BCUT2D eigenvalue weighted by Crippen LogP contribution is 2.22. The Morgan fingerprint density at radius 2 is 2.25 bits per heavy atom. The molecule has 2 atom stereocenters. The van der Waals surface area contributed by atoms with E-state index in [0.29, 0.717) is 13.0 Å². The maximum Gasteiger partial charge on any atom is 0.237 e. The van der Waals surface area contributed by atoms with Crippen LogP contribution in [-0.2, 0) is 16.1 Å². The highest BCUT2D eigenvalue weighted by atomic mass is 16.3. The van der Waals surface area contributed by atoms with Gasteiger partial charge in [-0.1, -0.05) is 0 Å². The third kappa shape index (κ3) is 3.98. The minimum absolute atomic E-state index is 0.0111. The molecule has 1 N–H and O–H groups in total. The Morgan fingerprint density at radius 1 is 1.38 bits per heavy atom. The Morgan fingerprint density at radius 3 is 3.00 bits per heavy atom. The molecule has 2 saturated heterocycles. The van der Waals surface area contributed by atoms with Crippen molar-refractivity contribution in [2.24, 2.45) is 0 Å². The van der Waals surface area contributed by atoms with E-state index in [2.05, 4.69) is 10.2 Å². The smallest absolute Gasteiger partial charge is 0.237 e. The van der Waals surface area contributed by atoms with Crippen LogP contribution in [0, 0.1) is 0 Å². The van der Waals surface area contributed by atoms with Gasteiger partial charge in [-0.3, -0.25) is 14.5 Å². The Balaban J connectivity index is 1.53. The summed E-state index contributed by atoms with van der Waals surface area (Å²) in [6.07, 6.45) is 6.47. The van der Waals surface area contributed by atoms with Crippen LogP contribution in [0.5, 0.6) is 0 Å². The van der Waals surface area contributed by atoms with E-state index in [9.17, 15) is 9.59 Å². The van der Waals surface area contributed by atoms with Gasteiger partial charge in [0.1, 0.15) is 5.76 Å². The molecule has 24 heavy (non-hydrogen) atoms. The number of nitrogens with zero attached hydrogens (tertiary/aromatic N) is 2. The average molecular weight is 333 g/mol. The lowest BCUT2D eigenvalue weighted by atomic mass is 9.99. The molecule has 3 heterocycles. The summed E-state index contributed by atoms with van der Waals surface area (Å²) >= 11 is 0. The highest BCUT2D eigenvalue weighted by molar-refractivity contribution is 5.81. The monoisotopic (exact) mass is 333 g/mol. The molecule has 1 aromatic rings. The van der Waals surface area contributed by atoms with Crippen molar-refractivity contribution in [2.45, 2.75) is 57.7 Å². The van der Waals surface area contributed by atoms with Crippen LogP contribution >= 0.6 is 0 Å². The Hall–Kier alpha value is -1.82. The minimum atomic E-state index is -0.192. The van der Waals surface area contributed by atoms with Crippen molar-refractivity contribution in [3.63, 3.8) is 0 Å². The van der Waals surface area contributed by atoms with Gasteiger partial charge >= 0.3 is 0 Å². The van der Waals surface area contributed by atoms with E-state index in [-0.39, 0.29) is 23.9 Å². The Kier molecular flexibility index (Phi) is 5.56. The third-order valence-corrected chi connectivity index (χ3v) is 5.17. The molecule has 2 aliphatic heterocycles. The molecule has 1 aromatic heterocycles. The van der Waals surface area contributed by atoms with Gasteiger partial charge < -0.3 is 14.6 Å². The van der Waals surface area contributed by atoms with Crippen molar-refractivity contribution in [1.82, 2.24) is 15.1 Å². The number of piperidine rings is 2. The molecular weight excluding hydrogens is 306 g/mol. The number of likely N-dealkylation sites (tertiary alicyclic amines) is 2. The average Bonchev–Trinajstić information content (AvgIpc) is 3.13. The quantitative estimate of drug-likeness (QED) is 0.892. The minimum Gasteiger partial charge on any atom is -0.467 e. The molecule has 0 saturated carbocycles. The van der Waals surface area contributed by atoms with E-state index >= 15 is 0 Å². The van der Waals surface area contributed by atoms with Crippen molar-refractivity contribution in [1.29, 1.82) is 0 Å². The van der Waals surface area contributed by atoms with Gasteiger partial charge in [0.25, 0.3) is 0 Å². The van der Waals surface area contributed by atoms with Crippen molar-refractivity contribution in [2.75, 3.05) is 19.6 Å². The van der Waals surface area contributed by atoms with Gasteiger partial charge in [-0.05, 0) is 51.3 Å². The highest BCUT2D eigenvalue weighted by Gasteiger charge is 2.33. The van der Waals surface area contributed by atoms with Gasteiger partial charge in [-0.25, -0.2) is 0 Å². The second kappa shape index (κ2) is 7.83. The molecular formula is C18H27N3O3. The first kappa shape index (κ1) is 17.0. The molecule has 0 spiro atoms. The zero-order chi connectivity index (χ0) is 16.9. The standard InChI is InChI=1S/C18H27N3O3/c1-14(18(23)19-12-16-7-5-11-24-16)20-9-4-6-15(13-20)21-10-3-2-8-17(21)22/h5,7,11,14-15H,2-4,6,8-10,12-13H2,1H3,(H,19,23). The first-order valence-electron chi connectivity index (χ1n) is 8.99. The van der Waals surface area contributed by atoms with Crippen LogP contribution in [0.3, 0.4) is 0 Å². The Labute approximate surface area is 143 Å². The van der Waals surface area contributed by atoms with Crippen LogP contribution in [0.4, 0.5) is 0 Å². The SMILES string of the molecule is CC(C(=O)NCc1ccco1)N1CCCC(N2CCCCC2=O)C1. The molecule has 0 radical (unpaired) electrons. The van der Waals surface area contributed by atoms with E-state index in [1.54, 1.807) is 6.26 Å². The second-order valence-electron chi connectivity index (χ2n) is 6.81. The summed E-state index contributed by atoms with van der Waals surface area (Å²) < 4.78 is 5.24. The first-order chi connectivity index (χ1) is 11.6. The topological polar surface area (TPSA) is 65.8 Å². The van der Waals surface area contributed by atoms with Crippen LogP contribution in [0.2, 0.25) is 0 Å². The normalized spacial score (nSPS) is 24.0. The van der Waals surface area contributed by atoms with Gasteiger partial charge in [0.2, 0.25) is 11.8 Å². The molecule has 3 rings (SSSR count). The fourth-order valence-corrected chi connectivity index (χ4v) is 3.70. The molecule has 0 aliphatic carbocycles. The number of amides is 2. The van der Waals surface area contributed by atoms with E-state index in [0.717, 1.165) is 51.1 Å². The largest absolute Gasteiger partial charge is 0.467 e. The molecule has 132 valence electrons. The van der Waals surface area contributed by atoms with Gasteiger partial charge in [0, 0.05) is 25.6 Å². The van der Waals surface area contributed by atoms with Gasteiger partial charge in [-0.15, -0.1) is 0 Å². The number of furan rings is 1. The van der Waals surface area contributed by atoms with Crippen molar-refractivity contribution >= 4 is 11.8 Å². The summed E-state index contributed by atoms with van der Waals surface area (Å²) in [7, 11) is 0. The molecule has 0 bridgehead atoms. The van der Waals surface area contributed by atoms with Crippen LogP contribution in [0.25, 0.3) is 0 Å². The van der Waals surface area contributed by atoms with Gasteiger partial charge in [-0.2, -0.15) is 0 Å². The fraction of sp³-hybridized carbons (Fsp3) is 0.667. The summed E-state index contributed by atoms with van der Waals surface area (Å²) in [5.74, 6) is 1.05. The van der Waals surface area contributed by atoms with Crippen LogP contribution in [0.15, 0.2) is 22.8 Å². The molecule has 6 heteroatoms. The molecule has 0 aromatic carbocycles. The van der Waals surface area contributed by atoms with E-state index in [4.69, 9.17) is 4.42 Å². The summed E-state index contributed by atoms with van der Waals surface area (Å²) in [5.41, 5.74) is 0. The van der Waals surface area contributed by atoms with Crippen LogP contribution in [-0.4, -0.2) is 53.3 Å². The maximum atomic E-state index is 12.4. The maximum absolute atomic E-state index is 12.4. The van der Waals surface area contributed by atoms with Gasteiger partial charge in [0.15, 0.2) is 0 Å². The number of carbonyl (C=O) groups is 2. The summed E-state index contributed by atoms with van der Waals surface area (Å²) in [4.78, 5) is 28.8. The molecule has 2 unspecified atom stereocenters. The van der Waals surface area contributed by atoms with Gasteiger partial charge in [0.05, 0.1) is 18.8 Å². The number of carbonyl (C=O) groups excluding carboxylic acids is 2. The van der Waals surface area contributed by atoms with Crippen molar-refractivity contribution in [3.05, 3.63) is 24.2 Å². The summed E-state index contributed by atoms with van der Waals surface area (Å²) in [5, 5.41) is 2.93. The Bertz CT molecular complexity index is 558. The zero-order valence-electron chi connectivity index (χ0n) is 14.4. The summed E-state index contributed by atoms with van der Waals surface area (Å²) in [6.45, 7) is 4.93. The number of nitrogens with one attached hydrogen (secondary N) is 1. The molecule has 2 fully saturated rings. The fourth-order valence-electron chi connectivity index (χ4n) is 3.70. The van der Waals surface area contributed by atoms with Crippen LogP contribution in [0.1, 0.15) is 44.8 Å². The lowest BCUT2D eigenvalue weighted by molar-refractivity contribution is -0.137. The number of hydrogen-bond donors (Lipinski definition) is 1. The molecule has 6 nitrogen and oxygen atoms in total. The lowest BCUT2D eigenvalue weighted by Gasteiger charge is -2.42.